The minimum absolute atomic E-state index is 0.144. The van der Waals surface area contributed by atoms with Gasteiger partial charge in [-0.05, 0) is 23.8 Å². The first-order valence-corrected chi connectivity index (χ1v) is 9.66. The normalized spacial score (nSPS) is 11.2. The van der Waals surface area contributed by atoms with Crippen molar-refractivity contribution < 1.29 is 19.1 Å². The number of carbonyl (C=O) groups excluding carboxylic acids is 2. The van der Waals surface area contributed by atoms with E-state index >= 15 is 0 Å². The van der Waals surface area contributed by atoms with Crippen molar-refractivity contribution in [1.82, 2.24) is 4.90 Å². The molecule has 0 unspecified atom stereocenters. The molecular formula is C22H25ClN4O4. The molecule has 0 aliphatic carbocycles. The minimum Gasteiger partial charge on any atom is -0.490 e. The number of nitrogens with one attached hydrogen (secondary N) is 1. The van der Waals surface area contributed by atoms with Crippen molar-refractivity contribution in [1.29, 1.82) is 5.41 Å². The molecule has 9 heteroatoms. The number of ketones is 1. The number of nitrogens with two attached hydrogens (primary N) is 2. The van der Waals surface area contributed by atoms with Crippen molar-refractivity contribution in [3.63, 3.8) is 0 Å². The predicted octanol–water partition coefficient (Wildman–Crippen LogP) is 2.59. The van der Waals surface area contributed by atoms with Crippen LogP contribution in [0.25, 0.3) is 5.70 Å². The summed E-state index contributed by atoms with van der Waals surface area (Å²) in [7, 11) is 4.86. The molecular weight excluding hydrogens is 420 g/mol. The number of ether oxygens (including phenoxy) is 2. The van der Waals surface area contributed by atoms with E-state index in [0.717, 1.165) is 6.08 Å². The average molecular weight is 445 g/mol. The Morgan fingerprint density at radius 2 is 1.74 bits per heavy atom. The molecule has 2 aromatic rings. The van der Waals surface area contributed by atoms with Crippen LogP contribution in [0.3, 0.4) is 0 Å². The highest BCUT2D eigenvalue weighted by molar-refractivity contribution is 6.50. The number of allylic oxidation sites excluding steroid dienone is 1. The fourth-order valence-electron chi connectivity index (χ4n) is 2.62. The molecule has 0 spiro atoms. The van der Waals surface area contributed by atoms with Crippen LogP contribution in [0.15, 0.2) is 42.5 Å². The number of benzene rings is 2. The van der Waals surface area contributed by atoms with Crippen LogP contribution in [-0.4, -0.2) is 56.7 Å². The number of halogens is 1. The predicted molar refractivity (Wildman–Crippen MR) is 122 cm³/mol. The molecule has 0 radical (unpaired) electrons. The third-order valence-electron chi connectivity index (χ3n) is 4.32. The highest BCUT2D eigenvalue weighted by Crippen LogP contribution is 2.30. The van der Waals surface area contributed by atoms with Gasteiger partial charge < -0.3 is 25.8 Å². The molecule has 0 aliphatic rings. The SMILES string of the molecule is COCCOc1cc(N)c(C(=N)C(=O)C=C(N)c2ccc(C(=O)N(C)C)cc2)cc1Cl. The van der Waals surface area contributed by atoms with E-state index in [0.29, 0.717) is 23.5 Å². The molecule has 2 rings (SSSR count). The molecule has 8 nitrogen and oxygen atoms in total. The number of carbonyl (C=O) groups is 2. The van der Waals surface area contributed by atoms with Crippen LogP contribution < -0.4 is 16.2 Å². The van der Waals surface area contributed by atoms with Crippen molar-refractivity contribution >= 4 is 40.4 Å². The monoisotopic (exact) mass is 444 g/mol. The van der Waals surface area contributed by atoms with E-state index < -0.39 is 5.78 Å². The van der Waals surface area contributed by atoms with Crippen LogP contribution in [0.5, 0.6) is 5.75 Å². The van der Waals surface area contributed by atoms with Gasteiger partial charge in [0.1, 0.15) is 18.1 Å². The van der Waals surface area contributed by atoms with Crippen LogP contribution in [0.4, 0.5) is 5.69 Å². The molecule has 0 fully saturated rings. The van der Waals surface area contributed by atoms with Crippen LogP contribution >= 0.6 is 11.6 Å². The molecule has 0 saturated carbocycles. The first-order chi connectivity index (χ1) is 14.6. The van der Waals surface area contributed by atoms with Gasteiger partial charge >= 0.3 is 0 Å². The summed E-state index contributed by atoms with van der Waals surface area (Å²) in [6.45, 7) is 0.657. The van der Waals surface area contributed by atoms with Gasteiger partial charge in [0.15, 0.2) is 0 Å². The second kappa shape index (κ2) is 10.6. The van der Waals surface area contributed by atoms with Gasteiger partial charge in [0, 0.05) is 55.9 Å². The Balaban J connectivity index is 2.19. The molecule has 2 aromatic carbocycles. The Morgan fingerprint density at radius 1 is 1.13 bits per heavy atom. The summed E-state index contributed by atoms with van der Waals surface area (Å²) in [5.74, 6) is -0.446. The van der Waals surface area contributed by atoms with E-state index in [1.54, 1.807) is 45.5 Å². The molecule has 0 saturated heterocycles. The second-order valence-corrected chi connectivity index (χ2v) is 7.23. The van der Waals surface area contributed by atoms with Gasteiger partial charge in [-0.15, -0.1) is 0 Å². The average Bonchev–Trinajstić information content (AvgIpc) is 2.74. The van der Waals surface area contributed by atoms with E-state index in [1.807, 2.05) is 0 Å². The van der Waals surface area contributed by atoms with Crippen molar-refractivity contribution in [3.05, 3.63) is 64.2 Å². The van der Waals surface area contributed by atoms with Crippen LogP contribution in [0, 0.1) is 5.41 Å². The lowest BCUT2D eigenvalue weighted by Gasteiger charge is -2.12. The number of hydrogen-bond donors (Lipinski definition) is 3. The number of methoxy groups -OCH3 is 1. The maximum atomic E-state index is 12.6. The summed E-state index contributed by atoms with van der Waals surface area (Å²) >= 11 is 6.19. The number of rotatable bonds is 9. The number of nitrogens with zero attached hydrogens (tertiary/aromatic N) is 1. The quantitative estimate of drug-likeness (QED) is 0.236. The van der Waals surface area contributed by atoms with Crippen molar-refractivity contribution in [2.75, 3.05) is 40.2 Å². The second-order valence-electron chi connectivity index (χ2n) is 6.83. The van der Waals surface area contributed by atoms with Gasteiger partial charge in [-0.1, -0.05) is 23.7 Å². The van der Waals surface area contributed by atoms with Gasteiger partial charge in [-0.25, -0.2) is 0 Å². The summed E-state index contributed by atoms with van der Waals surface area (Å²) in [6.07, 6.45) is 1.14. The highest BCUT2D eigenvalue weighted by Gasteiger charge is 2.17. The summed E-state index contributed by atoms with van der Waals surface area (Å²) in [5.41, 5.74) is 13.2. The molecule has 0 aromatic heterocycles. The third-order valence-corrected chi connectivity index (χ3v) is 4.62. The lowest BCUT2D eigenvalue weighted by molar-refractivity contribution is -0.108. The zero-order valence-corrected chi connectivity index (χ0v) is 18.3. The third kappa shape index (κ3) is 6.07. The first-order valence-electron chi connectivity index (χ1n) is 9.29. The zero-order valence-electron chi connectivity index (χ0n) is 17.6. The molecule has 0 aliphatic heterocycles. The van der Waals surface area contributed by atoms with Gasteiger partial charge in [0.05, 0.1) is 11.6 Å². The van der Waals surface area contributed by atoms with Gasteiger partial charge in [0.25, 0.3) is 5.91 Å². The van der Waals surface area contributed by atoms with Crippen LogP contribution in [0.1, 0.15) is 21.5 Å². The highest BCUT2D eigenvalue weighted by atomic mass is 35.5. The lowest BCUT2D eigenvalue weighted by Crippen LogP contribution is -2.21. The van der Waals surface area contributed by atoms with Crippen LogP contribution in [-0.2, 0) is 9.53 Å². The molecule has 164 valence electrons. The van der Waals surface area contributed by atoms with E-state index in [4.69, 9.17) is 38.0 Å². The van der Waals surface area contributed by atoms with Crippen molar-refractivity contribution in [2.45, 2.75) is 0 Å². The lowest BCUT2D eigenvalue weighted by atomic mass is 10.0. The smallest absolute Gasteiger partial charge is 0.253 e. The minimum atomic E-state index is -0.637. The maximum Gasteiger partial charge on any atom is 0.253 e. The van der Waals surface area contributed by atoms with Gasteiger partial charge in [-0.3, -0.25) is 15.0 Å². The Morgan fingerprint density at radius 3 is 2.32 bits per heavy atom. The molecule has 31 heavy (non-hydrogen) atoms. The largest absolute Gasteiger partial charge is 0.490 e. The number of hydrogen-bond acceptors (Lipinski definition) is 7. The zero-order chi connectivity index (χ0) is 23.1. The Kier molecular flexibility index (Phi) is 8.18. The fraction of sp³-hybridized carbons (Fsp3) is 0.227. The summed E-state index contributed by atoms with van der Waals surface area (Å²) < 4.78 is 10.4. The molecule has 5 N–H and O–H groups in total. The standard InChI is InChI=1S/C22H25ClN4O4/c1-27(2)22(29)14-6-4-13(5-7-14)17(24)11-19(28)21(26)15-10-16(23)20(12-18(15)25)31-9-8-30-3/h4-7,10-12,26H,8-9,24-25H2,1-3H3. The summed E-state index contributed by atoms with van der Waals surface area (Å²) in [5, 5.41) is 8.42. The Hall–Kier alpha value is -3.36. The Bertz CT molecular complexity index is 1020. The number of amides is 1. The Labute approximate surface area is 185 Å². The molecule has 0 heterocycles. The fourth-order valence-corrected chi connectivity index (χ4v) is 2.84. The topological polar surface area (TPSA) is 132 Å². The summed E-state index contributed by atoms with van der Waals surface area (Å²) in [4.78, 5) is 26.0. The first kappa shape index (κ1) is 23.9. The number of anilines is 1. The van der Waals surface area contributed by atoms with Crippen LogP contribution in [0.2, 0.25) is 5.02 Å². The molecule has 1 amide bonds. The molecule has 0 bridgehead atoms. The number of nitrogen functional groups attached to an aromatic ring is 1. The van der Waals surface area contributed by atoms with E-state index in [-0.39, 0.29) is 40.2 Å². The molecule has 0 atom stereocenters. The van der Waals surface area contributed by atoms with E-state index in [2.05, 4.69) is 0 Å². The van der Waals surface area contributed by atoms with Crippen molar-refractivity contribution in [2.24, 2.45) is 5.73 Å². The van der Waals surface area contributed by atoms with E-state index in [1.165, 1.54) is 17.0 Å². The van der Waals surface area contributed by atoms with Gasteiger partial charge in [-0.2, -0.15) is 0 Å². The van der Waals surface area contributed by atoms with E-state index in [9.17, 15) is 9.59 Å². The summed E-state index contributed by atoms with van der Waals surface area (Å²) in [6, 6.07) is 9.38. The van der Waals surface area contributed by atoms with Crippen molar-refractivity contribution in [3.8, 4) is 5.75 Å². The maximum absolute atomic E-state index is 12.6. The van der Waals surface area contributed by atoms with Gasteiger partial charge in [0.2, 0.25) is 5.78 Å².